The Morgan fingerprint density at radius 1 is 1.44 bits per heavy atom. The zero-order valence-corrected chi connectivity index (χ0v) is 11.2. The second kappa shape index (κ2) is 6.15. The van der Waals surface area contributed by atoms with Gasteiger partial charge in [-0.05, 0) is 24.4 Å². The van der Waals surface area contributed by atoms with Gasteiger partial charge in [0.25, 0.3) is 0 Å². The highest BCUT2D eigenvalue weighted by atomic mass is 35.5. The van der Waals surface area contributed by atoms with Crippen LogP contribution in [-0.2, 0) is 0 Å². The number of hydrogen-bond acceptors (Lipinski definition) is 6. The Hall–Kier alpha value is -1.14. The number of nitrogens with one attached hydrogen (secondary N) is 1. The molecule has 1 unspecified atom stereocenters. The van der Waals surface area contributed by atoms with Gasteiger partial charge in [-0.3, -0.25) is 0 Å². The molecule has 0 bridgehead atoms. The number of anilines is 2. The second-order valence-corrected chi connectivity index (χ2v) is 4.78. The van der Waals surface area contributed by atoms with Crippen LogP contribution in [0.15, 0.2) is 0 Å². The van der Waals surface area contributed by atoms with E-state index in [1.807, 2.05) is 4.90 Å². The summed E-state index contributed by atoms with van der Waals surface area (Å²) in [6.45, 7) is 4.70. The van der Waals surface area contributed by atoms with Crippen LogP contribution < -0.4 is 10.2 Å². The maximum atomic E-state index is 9.14. The first-order valence-electron chi connectivity index (χ1n) is 6.24. The summed E-state index contributed by atoms with van der Waals surface area (Å²) in [6.07, 6.45) is 1.95. The topological polar surface area (TPSA) is 74.2 Å². The molecule has 2 rings (SSSR count). The molecular formula is C11H18ClN5O. The van der Waals surface area contributed by atoms with E-state index in [2.05, 4.69) is 27.2 Å². The summed E-state index contributed by atoms with van der Waals surface area (Å²) in [6, 6.07) is 0. The van der Waals surface area contributed by atoms with E-state index < -0.39 is 0 Å². The molecule has 18 heavy (non-hydrogen) atoms. The lowest BCUT2D eigenvalue weighted by Crippen LogP contribution is -2.23. The molecule has 0 saturated carbocycles. The number of aliphatic hydroxyl groups excluding tert-OH is 1. The van der Waals surface area contributed by atoms with Crippen LogP contribution in [0.5, 0.6) is 0 Å². The normalized spacial score (nSPS) is 19.3. The highest BCUT2D eigenvalue weighted by molar-refractivity contribution is 6.28. The maximum absolute atomic E-state index is 9.14. The van der Waals surface area contributed by atoms with Gasteiger partial charge >= 0.3 is 0 Å². The lowest BCUT2D eigenvalue weighted by molar-refractivity contribution is 0.238. The first-order valence-corrected chi connectivity index (χ1v) is 6.62. The fourth-order valence-corrected chi connectivity index (χ4v) is 2.12. The SMILES string of the molecule is CCCNc1nc(Cl)nc(N2CCC(CO)C2)n1. The van der Waals surface area contributed by atoms with E-state index in [0.717, 1.165) is 32.5 Å². The minimum absolute atomic E-state index is 0.200. The van der Waals surface area contributed by atoms with E-state index in [1.54, 1.807) is 0 Å². The lowest BCUT2D eigenvalue weighted by atomic mass is 10.1. The highest BCUT2D eigenvalue weighted by Crippen LogP contribution is 2.22. The predicted molar refractivity (Wildman–Crippen MR) is 71.0 cm³/mol. The first kappa shape index (κ1) is 13.3. The largest absolute Gasteiger partial charge is 0.396 e. The molecule has 1 aromatic rings. The Morgan fingerprint density at radius 2 is 2.28 bits per heavy atom. The number of aliphatic hydroxyl groups is 1. The van der Waals surface area contributed by atoms with Crippen LogP contribution in [0.1, 0.15) is 19.8 Å². The van der Waals surface area contributed by atoms with Crippen LogP contribution in [0.2, 0.25) is 5.28 Å². The van der Waals surface area contributed by atoms with E-state index in [-0.39, 0.29) is 11.9 Å². The van der Waals surface area contributed by atoms with Crippen molar-refractivity contribution < 1.29 is 5.11 Å². The van der Waals surface area contributed by atoms with Gasteiger partial charge in [0, 0.05) is 32.2 Å². The fourth-order valence-electron chi connectivity index (χ4n) is 1.96. The third kappa shape index (κ3) is 3.20. The van der Waals surface area contributed by atoms with Crippen LogP contribution in [0.4, 0.5) is 11.9 Å². The molecule has 6 nitrogen and oxygen atoms in total. The van der Waals surface area contributed by atoms with Gasteiger partial charge in [-0.2, -0.15) is 15.0 Å². The van der Waals surface area contributed by atoms with Gasteiger partial charge in [0.1, 0.15) is 0 Å². The average Bonchev–Trinajstić information content (AvgIpc) is 2.84. The van der Waals surface area contributed by atoms with Crippen LogP contribution >= 0.6 is 11.6 Å². The van der Waals surface area contributed by atoms with Crippen LogP contribution in [-0.4, -0.2) is 46.3 Å². The van der Waals surface area contributed by atoms with Crippen LogP contribution in [0.3, 0.4) is 0 Å². The van der Waals surface area contributed by atoms with Crippen molar-refractivity contribution >= 4 is 23.5 Å². The van der Waals surface area contributed by atoms with Crippen molar-refractivity contribution in [1.29, 1.82) is 0 Å². The summed E-state index contributed by atoms with van der Waals surface area (Å²) in [5.74, 6) is 1.40. The monoisotopic (exact) mass is 271 g/mol. The van der Waals surface area contributed by atoms with Gasteiger partial charge in [0.15, 0.2) is 0 Å². The third-order valence-corrected chi connectivity index (χ3v) is 3.13. The zero-order valence-electron chi connectivity index (χ0n) is 10.4. The molecule has 1 aromatic heterocycles. The first-order chi connectivity index (χ1) is 8.72. The number of rotatable bonds is 5. The van der Waals surface area contributed by atoms with Gasteiger partial charge in [-0.1, -0.05) is 6.92 Å². The molecule has 0 aromatic carbocycles. The molecule has 1 aliphatic heterocycles. The number of aromatic nitrogens is 3. The van der Waals surface area contributed by atoms with Crippen molar-refractivity contribution in [3.8, 4) is 0 Å². The van der Waals surface area contributed by atoms with E-state index in [9.17, 15) is 0 Å². The molecule has 1 fully saturated rings. The minimum atomic E-state index is 0.200. The quantitative estimate of drug-likeness (QED) is 0.837. The van der Waals surface area contributed by atoms with Crippen molar-refractivity contribution in [2.24, 2.45) is 5.92 Å². The standard InChI is InChI=1S/C11H18ClN5O/c1-2-4-13-10-14-9(12)15-11(16-10)17-5-3-8(6-17)7-18/h8,18H,2-7H2,1H3,(H,13,14,15,16). The fraction of sp³-hybridized carbons (Fsp3) is 0.727. The maximum Gasteiger partial charge on any atom is 0.231 e. The summed E-state index contributed by atoms with van der Waals surface area (Å²) >= 11 is 5.90. The molecule has 1 saturated heterocycles. The van der Waals surface area contributed by atoms with Gasteiger partial charge in [0.2, 0.25) is 17.2 Å². The van der Waals surface area contributed by atoms with Crippen LogP contribution in [0.25, 0.3) is 0 Å². The summed E-state index contributed by atoms with van der Waals surface area (Å²) in [5, 5.41) is 12.4. The van der Waals surface area contributed by atoms with Gasteiger partial charge in [0.05, 0.1) is 0 Å². The molecule has 1 atom stereocenters. The Morgan fingerprint density at radius 3 is 2.94 bits per heavy atom. The molecule has 1 aliphatic rings. The Balaban J connectivity index is 2.10. The van der Waals surface area contributed by atoms with Crippen molar-refractivity contribution in [2.45, 2.75) is 19.8 Å². The van der Waals surface area contributed by atoms with Crippen molar-refractivity contribution in [3.63, 3.8) is 0 Å². The Kier molecular flexibility index (Phi) is 4.54. The highest BCUT2D eigenvalue weighted by Gasteiger charge is 2.24. The summed E-state index contributed by atoms with van der Waals surface area (Å²) in [5.41, 5.74) is 0. The minimum Gasteiger partial charge on any atom is -0.396 e. The summed E-state index contributed by atoms with van der Waals surface area (Å²) < 4.78 is 0. The van der Waals surface area contributed by atoms with Gasteiger partial charge < -0.3 is 15.3 Å². The average molecular weight is 272 g/mol. The molecule has 2 N–H and O–H groups in total. The molecular weight excluding hydrogens is 254 g/mol. The molecule has 100 valence electrons. The van der Waals surface area contributed by atoms with Crippen molar-refractivity contribution in [3.05, 3.63) is 5.28 Å². The van der Waals surface area contributed by atoms with Crippen molar-refractivity contribution in [1.82, 2.24) is 15.0 Å². The van der Waals surface area contributed by atoms with Gasteiger partial charge in [-0.15, -0.1) is 0 Å². The molecule has 0 spiro atoms. The predicted octanol–water partition coefficient (Wildman–Crippen LogP) is 1.17. The molecule has 0 amide bonds. The number of halogens is 1. The lowest BCUT2D eigenvalue weighted by Gasteiger charge is -2.16. The number of nitrogens with zero attached hydrogens (tertiary/aromatic N) is 4. The summed E-state index contributed by atoms with van der Waals surface area (Å²) in [4.78, 5) is 14.6. The van der Waals surface area contributed by atoms with E-state index >= 15 is 0 Å². The van der Waals surface area contributed by atoms with E-state index in [0.29, 0.717) is 17.8 Å². The number of hydrogen-bond donors (Lipinski definition) is 2. The zero-order chi connectivity index (χ0) is 13.0. The molecule has 7 heteroatoms. The Labute approximate surface area is 111 Å². The summed E-state index contributed by atoms with van der Waals surface area (Å²) in [7, 11) is 0. The third-order valence-electron chi connectivity index (χ3n) is 2.96. The van der Waals surface area contributed by atoms with Crippen molar-refractivity contribution in [2.75, 3.05) is 36.5 Å². The molecule has 0 aliphatic carbocycles. The second-order valence-electron chi connectivity index (χ2n) is 4.44. The Bertz CT molecular complexity index is 403. The molecule has 2 heterocycles. The van der Waals surface area contributed by atoms with Gasteiger partial charge in [-0.25, -0.2) is 0 Å². The molecule has 0 radical (unpaired) electrons. The smallest absolute Gasteiger partial charge is 0.231 e. The van der Waals surface area contributed by atoms with E-state index in [4.69, 9.17) is 16.7 Å². The van der Waals surface area contributed by atoms with E-state index in [1.165, 1.54) is 0 Å². The van der Waals surface area contributed by atoms with Crippen LogP contribution in [0, 0.1) is 5.92 Å².